The first-order valence-electron chi connectivity index (χ1n) is 7.36. The monoisotopic (exact) mass is 316 g/mol. The van der Waals surface area contributed by atoms with Crippen LogP contribution >= 0.6 is 0 Å². The van der Waals surface area contributed by atoms with Crippen LogP contribution in [0.15, 0.2) is 34.2 Å². The van der Waals surface area contributed by atoms with Gasteiger partial charge >= 0.3 is 0 Å². The summed E-state index contributed by atoms with van der Waals surface area (Å²) in [5.74, 6) is 1.63. The van der Waals surface area contributed by atoms with Gasteiger partial charge in [-0.15, -0.1) is 0 Å². The lowest BCUT2D eigenvalue weighted by molar-refractivity contribution is 0.311. The summed E-state index contributed by atoms with van der Waals surface area (Å²) in [6, 6.07) is 6.95. The van der Waals surface area contributed by atoms with Crippen molar-refractivity contribution >= 4 is 12.2 Å². The second-order valence-corrected chi connectivity index (χ2v) is 4.65. The van der Waals surface area contributed by atoms with E-state index >= 15 is 0 Å². The van der Waals surface area contributed by atoms with E-state index in [1.165, 1.54) is 6.07 Å². The van der Waals surface area contributed by atoms with E-state index in [4.69, 9.17) is 9.47 Å². The Kier molecular flexibility index (Phi) is 5.74. The molecule has 0 bridgehead atoms. The van der Waals surface area contributed by atoms with Crippen molar-refractivity contribution in [2.75, 3.05) is 19.1 Å². The summed E-state index contributed by atoms with van der Waals surface area (Å²) in [4.78, 5) is 18.3. The highest BCUT2D eigenvalue weighted by molar-refractivity contribution is 5.81. The molecule has 0 saturated heterocycles. The first kappa shape index (κ1) is 16.5. The number of methoxy groups -OCH3 is 1. The predicted octanol–water partition coefficient (Wildman–Crippen LogP) is 2.19. The molecular weight excluding hydrogens is 296 g/mol. The van der Waals surface area contributed by atoms with E-state index in [1.54, 1.807) is 13.3 Å². The second kappa shape index (κ2) is 7.98. The average molecular weight is 316 g/mol. The molecule has 7 heteroatoms. The lowest BCUT2D eigenvalue weighted by atomic mass is 10.2. The van der Waals surface area contributed by atoms with Crippen molar-refractivity contribution in [3.05, 3.63) is 45.9 Å². The van der Waals surface area contributed by atoms with E-state index < -0.39 is 0 Å². The zero-order valence-electron chi connectivity index (χ0n) is 13.4. The fourth-order valence-electron chi connectivity index (χ4n) is 1.95. The Labute approximate surface area is 134 Å². The fraction of sp³-hybridized carbons (Fsp3) is 0.312. The minimum atomic E-state index is -0.211. The van der Waals surface area contributed by atoms with Gasteiger partial charge in [-0.2, -0.15) is 5.10 Å². The summed E-state index contributed by atoms with van der Waals surface area (Å²) in [5.41, 5.74) is 4.04. The maximum absolute atomic E-state index is 11.5. The summed E-state index contributed by atoms with van der Waals surface area (Å²) in [6.45, 7) is 4.39. The Morgan fingerprint density at radius 3 is 2.83 bits per heavy atom. The third-order valence-electron chi connectivity index (χ3n) is 3.03. The first-order valence-corrected chi connectivity index (χ1v) is 7.36. The number of nitrogens with zero attached hydrogens (tertiary/aromatic N) is 2. The number of aromatic nitrogens is 2. The number of hydrazone groups is 1. The summed E-state index contributed by atoms with van der Waals surface area (Å²) in [6.07, 6.45) is 2.29. The summed E-state index contributed by atoms with van der Waals surface area (Å²) < 4.78 is 10.7. The van der Waals surface area contributed by atoms with Gasteiger partial charge in [0.2, 0.25) is 5.95 Å². The zero-order chi connectivity index (χ0) is 16.7. The van der Waals surface area contributed by atoms with Gasteiger partial charge in [0.25, 0.3) is 5.56 Å². The molecule has 0 unspecified atom stereocenters. The van der Waals surface area contributed by atoms with Crippen LogP contribution in [0.1, 0.15) is 25.1 Å². The van der Waals surface area contributed by atoms with E-state index in [0.717, 1.165) is 5.56 Å². The number of hydrogen-bond donors (Lipinski definition) is 2. The van der Waals surface area contributed by atoms with Crippen molar-refractivity contribution in [2.45, 2.75) is 20.3 Å². The molecule has 1 heterocycles. The zero-order valence-corrected chi connectivity index (χ0v) is 13.4. The van der Waals surface area contributed by atoms with Gasteiger partial charge < -0.3 is 9.47 Å². The number of nitrogens with one attached hydrogen (secondary N) is 2. The van der Waals surface area contributed by atoms with Crippen LogP contribution in [0, 0.1) is 0 Å². The minimum absolute atomic E-state index is 0.211. The number of ether oxygens (including phenoxy) is 2. The Morgan fingerprint density at radius 2 is 2.13 bits per heavy atom. The lowest BCUT2D eigenvalue weighted by Crippen LogP contribution is -2.11. The van der Waals surface area contributed by atoms with E-state index in [-0.39, 0.29) is 5.56 Å². The molecule has 0 spiro atoms. The number of benzene rings is 1. The van der Waals surface area contributed by atoms with Crippen LogP contribution in [0.25, 0.3) is 0 Å². The molecule has 0 amide bonds. The molecule has 0 aliphatic carbocycles. The van der Waals surface area contributed by atoms with E-state index in [0.29, 0.717) is 36.2 Å². The molecule has 7 nitrogen and oxygen atoms in total. The molecule has 23 heavy (non-hydrogen) atoms. The number of hydrogen-bond acceptors (Lipinski definition) is 6. The molecular formula is C16H20N4O3. The third-order valence-corrected chi connectivity index (χ3v) is 3.03. The van der Waals surface area contributed by atoms with Crippen LogP contribution in [0.2, 0.25) is 0 Å². The van der Waals surface area contributed by atoms with Crippen LogP contribution in [0.5, 0.6) is 11.5 Å². The van der Waals surface area contributed by atoms with Crippen LogP contribution in [-0.4, -0.2) is 29.9 Å². The van der Waals surface area contributed by atoms with E-state index in [9.17, 15) is 4.79 Å². The summed E-state index contributed by atoms with van der Waals surface area (Å²) in [5, 5.41) is 4.08. The quantitative estimate of drug-likeness (QED) is 0.604. The molecule has 0 radical (unpaired) electrons. The van der Waals surface area contributed by atoms with Gasteiger partial charge in [0.05, 0.1) is 19.9 Å². The van der Waals surface area contributed by atoms with Crippen molar-refractivity contribution in [2.24, 2.45) is 5.10 Å². The van der Waals surface area contributed by atoms with Crippen LogP contribution in [0.4, 0.5) is 5.95 Å². The predicted molar refractivity (Wildman–Crippen MR) is 89.6 cm³/mol. The molecule has 0 aliphatic heterocycles. The minimum Gasteiger partial charge on any atom is -0.493 e. The summed E-state index contributed by atoms with van der Waals surface area (Å²) >= 11 is 0. The summed E-state index contributed by atoms with van der Waals surface area (Å²) in [7, 11) is 1.59. The molecule has 0 atom stereocenters. The third kappa shape index (κ3) is 4.57. The Hall–Kier alpha value is -2.83. The van der Waals surface area contributed by atoms with Crippen LogP contribution in [-0.2, 0) is 6.42 Å². The molecule has 0 saturated carbocycles. The smallest absolute Gasteiger partial charge is 0.252 e. The van der Waals surface area contributed by atoms with E-state index in [1.807, 2.05) is 32.0 Å². The Bertz CT molecular complexity index is 740. The largest absolute Gasteiger partial charge is 0.493 e. The lowest BCUT2D eigenvalue weighted by Gasteiger charge is -2.09. The Balaban J connectivity index is 2.12. The molecule has 2 rings (SSSR count). The van der Waals surface area contributed by atoms with Gasteiger partial charge in [0.15, 0.2) is 11.5 Å². The van der Waals surface area contributed by atoms with Crippen molar-refractivity contribution in [1.82, 2.24) is 9.97 Å². The molecule has 1 aromatic heterocycles. The molecule has 0 aliphatic rings. The highest BCUT2D eigenvalue weighted by Crippen LogP contribution is 2.27. The normalized spacial score (nSPS) is 10.7. The van der Waals surface area contributed by atoms with E-state index in [2.05, 4.69) is 20.5 Å². The van der Waals surface area contributed by atoms with Crippen molar-refractivity contribution in [1.29, 1.82) is 0 Å². The van der Waals surface area contributed by atoms with Gasteiger partial charge in [-0.1, -0.05) is 6.92 Å². The maximum atomic E-state index is 11.5. The van der Waals surface area contributed by atoms with Gasteiger partial charge in [-0.05, 0) is 37.1 Å². The number of anilines is 1. The number of aromatic amines is 1. The fourth-order valence-corrected chi connectivity index (χ4v) is 1.95. The molecule has 2 N–H and O–H groups in total. The van der Waals surface area contributed by atoms with Crippen LogP contribution < -0.4 is 20.5 Å². The molecule has 122 valence electrons. The Morgan fingerprint density at radius 1 is 1.30 bits per heavy atom. The maximum Gasteiger partial charge on any atom is 0.252 e. The van der Waals surface area contributed by atoms with Crippen molar-refractivity contribution in [3.8, 4) is 11.5 Å². The van der Waals surface area contributed by atoms with Crippen molar-refractivity contribution in [3.63, 3.8) is 0 Å². The highest BCUT2D eigenvalue weighted by atomic mass is 16.5. The van der Waals surface area contributed by atoms with Gasteiger partial charge in [-0.3, -0.25) is 9.78 Å². The average Bonchev–Trinajstić information content (AvgIpc) is 2.55. The molecule has 0 fully saturated rings. The topological polar surface area (TPSA) is 88.6 Å². The molecule has 2 aromatic rings. The number of aryl methyl sites for hydroxylation is 1. The number of H-pyrrole nitrogens is 1. The molecule has 1 aromatic carbocycles. The first-order chi connectivity index (χ1) is 11.2. The van der Waals surface area contributed by atoms with Crippen molar-refractivity contribution < 1.29 is 9.47 Å². The van der Waals surface area contributed by atoms with Gasteiger partial charge in [0.1, 0.15) is 0 Å². The standard InChI is InChI=1S/C16H20N4O3/c1-4-12-9-15(21)19-16(18-12)20-17-10-11-6-7-13(22-3)14(8-11)23-5-2/h6-10H,4-5H2,1-3H3,(H2,18,19,20,21)/b17-10-. The van der Waals surface area contributed by atoms with Crippen LogP contribution in [0.3, 0.4) is 0 Å². The second-order valence-electron chi connectivity index (χ2n) is 4.65. The SMILES string of the molecule is CCOc1cc(/C=N\Nc2nc(CC)cc(=O)[nH]2)ccc1OC. The van der Waals surface area contributed by atoms with Gasteiger partial charge in [-0.25, -0.2) is 10.4 Å². The number of rotatable bonds is 7. The highest BCUT2D eigenvalue weighted by Gasteiger charge is 2.04. The van der Waals surface area contributed by atoms with Gasteiger partial charge in [0, 0.05) is 11.8 Å².